The van der Waals surface area contributed by atoms with Gasteiger partial charge in [-0.25, -0.2) is 0 Å². The first kappa shape index (κ1) is 36.6. The number of hydrogen-bond donors (Lipinski definition) is 0. The fourth-order valence-electron chi connectivity index (χ4n) is 11.1. The van der Waals surface area contributed by atoms with Crippen LogP contribution < -0.4 is 0 Å². The molecule has 6 nitrogen and oxygen atoms in total. The van der Waals surface area contributed by atoms with E-state index in [0.717, 1.165) is 64.2 Å². The molecule has 0 aromatic carbocycles. The van der Waals surface area contributed by atoms with Gasteiger partial charge in [0.15, 0.2) is 0 Å². The quantitative estimate of drug-likeness (QED) is 0.102. The molecule has 0 saturated heterocycles. The number of alkyl halides is 3. The number of halogens is 3. The van der Waals surface area contributed by atoms with E-state index in [1.165, 1.54) is 57.8 Å². The number of carbonyl (C=O) groups excluding carboxylic acids is 3. The molecule has 5 saturated carbocycles. The summed E-state index contributed by atoms with van der Waals surface area (Å²) in [6, 6.07) is 0. The van der Waals surface area contributed by atoms with Crippen LogP contribution in [0.25, 0.3) is 0 Å². The largest absolute Gasteiger partial charge is 0.461 e. The van der Waals surface area contributed by atoms with Crippen molar-refractivity contribution < 1.29 is 28.6 Å². The lowest BCUT2D eigenvalue weighted by atomic mass is 9.57. The minimum atomic E-state index is -0.425. The number of esters is 3. The summed E-state index contributed by atoms with van der Waals surface area (Å²) in [6.45, 7) is 2.05. The van der Waals surface area contributed by atoms with Gasteiger partial charge in [0.05, 0.1) is 0 Å². The summed E-state index contributed by atoms with van der Waals surface area (Å²) in [5.41, 5.74) is -0.425. The number of fused-ring (bicyclic) bond motifs is 4. The smallest absolute Gasteiger partial charge is 0.321 e. The summed E-state index contributed by atoms with van der Waals surface area (Å²) < 4.78 is 18.3. The van der Waals surface area contributed by atoms with E-state index in [2.05, 4.69) is 0 Å². The van der Waals surface area contributed by atoms with Crippen LogP contribution >= 0.6 is 34.8 Å². The van der Waals surface area contributed by atoms with Gasteiger partial charge in [0.1, 0.15) is 35.4 Å². The van der Waals surface area contributed by atoms with Crippen LogP contribution in [-0.4, -0.2) is 53.4 Å². The van der Waals surface area contributed by atoms with Gasteiger partial charge in [-0.3, -0.25) is 14.4 Å². The Morgan fingerprint density at radius 2 is 1.24 bits per heavy atom. The Bertz CT molecular complexity index is 1020. The molecule has 46 heavy (non-hydrogen) atoms. The van der Waals surface area contributed by atoms with Crippen molar-refractivity contribution in [2.24, 2.45) is 47.3 Å². The maximum Gasteiger partial charge on any atom is 0.321 e. The SMILES string of the molecule is CC(OC(=O)CCl)C1CC2CCCC(C2)C1CCC(OC(=O)CCl)C1CC2CCCC(C2)C1CCC1(OC(=O)CCl)CCCCC1. The Morgan fingerprint density at radius 1 is 0.674 bits per heavy atom. The summed E-state index contributed by atoms with van der Waals surface area (Å²) in [4.78, 5) is 37.5. The van der Waals surface area contributed by atoms with E-state index in [4.69, 9.17) is 49.0 Å². The highest BCUT2D eigenvalue weighted by atomic mass is 35.5. The fraction of sp³-hybridized carbons (Fsp3) is 0.919. The molecular weight excluding hydrogens is 647 g/mol. The molecule has 9 heteroatoms. The molecule has 0 spiro atoms. The van der Waals surface area contributed by atoms with Gasteiger partial charge < -0.3 is 14.2 Å². The van der Waals surface area contributed by atoms with Crippen LogP contribution in [0.3, 0.4) is 0 Å². The molecule has 0 aromatic rings. The minimum absolute atomic E-state index is 0.109. The van der Waals surface area contributed by atoms with Crippen LogP contribution in [0.1, 0.15) is 129 Å². The predicted octanol–water partition coefficient (Wildman–Crippen LogP) is 9.24. The molecule has 5 aliphatic rings. The molecule has 0 amide bonds. The summed E-state index contributed by atoms with van der Waals surface area (Å²) in [6.07, 6.45) is 20.6. The van der Waals surface area contributed by atoms with Crippen molar-refractivity contribution in [1.29, 1.82) is 0 Å². The first-order valence-corrected chi connectivity index (χ1v) is 20.1. The average molecular weight is 704 g/mol. The summed E-state index contributed by atoms with van der Waals surface area (Å²) in [7, 11) is 0. The second-order valence-corrected chi connectivity index (χ2v) is 16.5. The monoisotopic (exact) mass is 702 g/mol. The zero-order valence-corrected chi connectivity index (χ0v) is 30.2. The molecule has 262 valence electrons. The standard InChI is InChI=1S/C37H57Cl3O6/c1-24(44-34(41)21-38)31-19-25-7-5-9-27(17-25)29(31)11-12-33(45-35(42)22-39)32-20-26-8-6-10-28(18-26)30(32)13-16-37(46-36(43)23-40)14-3-2-4-15-37/h24-33H,2-23H2,1H3. The van der Waals surface area contributed by atoms with E-state index in [0.29, 0.717) is 41.4 Å². The molecule has 4 bridgehead atoms. The lowest BCUT2D eigenvalue weighted by Gasteiger charge is -2.50. The maximum atomic E-state index is 12.9. The topological polar surface area (TPSA) is 78.9 Å². The summed E-state index contributed by atoms with van der Waals surface area (Å²) in [5, 5.41) is 0. The van der Waals surface area contributed by atoms with Crippen LogP contribution in [0.4, 0.5) is 0 Å². The molecule has 0 aromatic heterocycles. The van der Waals surface area contributed by atoms with Crippen LogP contribution in [0.5, 0.6) is 0 Å². The van der Waals surface area contributed by atoms with Gasteiger partial charge >= 0.3 is 17.9 Å². The molecule has 5 rings (SSSR count). The molecule has 0 heterocycles. The predicted molar refractivity (Wildman–Crippen MR) is 182 cm³/mol. The number of ether oxygens (including phenoxy) is 3. The molecule has 0 aliphatic heterocycles. The van der Waals surface area contributed by atoms with E-state index < -0.39 is 5.60 Å². The van der Waals surface area contributed by atoms with Crippen molar-refractivity contribution in [1.82, 2.24) is 0 Å². The lowest BCUT2D eigenvalue weighted by molar-refractivity contribution is -0.164. The van der Waals surface area contributed by atoms with E-state index in [-0.39, 0.29) is 53.7 Å². The van der Waals surface area contributed by atoms with Gasteiger partial charge in [-0.1, -0.05) is 44.9 Å². The molecule has 0 N–H and O–H groups in total. The van der Waals surface area contributed by atoms with Crippen LogP contribution in [0, 0.1) is 47.3 Å². The Balaban J connectivity index is 1.35. The molecule has 5 aliphatic carbocycles. The fourth-order valence-corrected chi connectivity index (χ4v) is 11.3. The van der Waals surface area contributed by atoms with Crippen LogP contribution in [-0.2, 0) is 28.6 Å². The van der Waals surface area contributed by atoms with E-state index >= 15 is 0 Å². The Kier molecular flexibility index (Phi) is 13.7. The van der Waals surface area contributed by atoms with Crippen LogP contribution in [0.2, 0.25) is 0 Å². The Hall–Kier alpha value is -0.720. The average Bonchev–Trinajstić information content (AvgIpc) is 3.06. The second kappa shape index (κ2) is 17.3. The van der Waals surface area contributed by atoms with Crippen molar-refractivity contribution in [3.8, 4) is 0 Å². The molecular formula is C37H57Cl3O6. The first-order chi connectivity index (χ1) is 22.2. The molecule has 10 unspecified atom stereocenters. The third-order valence-electron chi connectivity index (χ3n) is 13.0. The molecule has 0 radical (unpaired) electrons. The number of hydrogen-bond acceptors (Lipinski definition) is 6. The minimum Gasteiger partial charge on any atom is -0.461 e. The third kappa shape index (κ3) is 9.29. The highest BCUT2D eigenvalue weighted by Gasteiger charge is 2.48. The van der Waals surface area contributed by atoms with E-state index in [1.54, 1.807) is 0 Å². The van der Waals surface area contributed by atoms with Crippen LogP contribution in [0.15, 0.2) is 0 Å². The maximum absolute atomic E-state index is 12.9. The van der Waals surface area contributed by atoms with Crippen molar-refractivity contribution in [3.05, 3.63) is 0 Å². The van der Waals surface area contributed by atoms with Crippen molar-refractivity contribution >= 4 is 52.7 Å². The summed E-state index contributed by atoms with van der Waals surface area (Å²) >= 11 is 17.8. The van der Waals surface area contributed by atoms with E-state index in [1.807, 2.05) is 6.92 Å². The molecule has 10 atom stereocenters. The van der Waals surface area contributed by atoms with Gasteiger partial charge in [0.2, 0.25) is 0 Å². The highest BCUT2D eigenvalue weighted by molar-refractivity contribution is 6.27. The zero-order valence-electron chi connectivity index (χ0n) is 27.9. The van der Waals surface area contributed by atoms with Gasteiger partial charge in [-0.2, -0.15) is 0 Å². The normalized spacial score (nSPS) is 35.0. The van der Waals surface area contributed by atoms with Gasteiger partial charge in [-0.05, 0) is 131 Å². The highest BCUT2D eigenvalue weighted by Crippen LogP contribution is 2.53. The van der Waals surface area contributed by atoms with Gasteiger partial charge in [-0.15, -0.1) is 34.8 Å². The number of carbonyl (C=O) groups is 3. The van der Waals surface area contributed by atoms with Crippen molar-refractivity contribution in [3.63, 3.8) is 0 Å². The Morgan fingerprint density at radius 3 is 1.85 bits per heavy atom. The number of rotatable bonds is 14. The second-order valence-electron chi connectivity index (χ2n) is 15.7. The van der Waals surface area contributed by atoms with Gasteiger partial charge in [0, 0.05) is 0 Å². The zero-order chi connectivity index (χ0) is 32.7. The molecule has 5 fully saturated rings. The lowest BCUT2D eigenvalue weighted by Crippen LogP contribution is -2.46. The third-order valence-corrected chi connectivity index (χ3v) is 13.6. The van der Waals surface area contributed by atoms with Crippen molar-refractivity contribution in [2.75, 3.05) is 17.6 Å². The van der Waals surface area contributed by atoms with Crippen molar-refractivity contribution in [2.45, 2.75) is 147 Å². The van der Waals surface area contributed by atoms with Gasteiger partial charge in [0.25, 0.3) is 0 Å². The summed E-state index contributed by atoms with van der Waals surface area (Å²) in [5.74, 6) is 2.65. The first-order valence-electron chi connectivity index (χ1n) is 18.5. The Labute approximate surface area is 292 Å². The van der Waals surface area contributed by atoms with E-state index in [9.17, 15) is 14.4 Å².